The highest BCUT2D eigenvalue weighted by molar-refractivity contribution is 6.34. The number of aryl methyl sites for hydroxylation is 1. The van der Waals surface area contributed by atoms with Crippen molar-refractivity contribution in [2.24, 2.45) is 0 Å². The summed E-state index contributed by atoms with van der Waals surface area (Å²) in [5.41, 5.74) is 4.03. The first-order chi connectivity index (χ1) is 12.2. The van der Waals surface area contributed by atoms with Crippen LogP contribution in [-0.4, -0.2) is 12.9 Å². The van der Waals surface area contributed by atoms with E-state index >= 15 is 0 Å². The van der Waals surface area contributed by atoms with E-state index in [1.165, 1.54) is 0 Å². The minimum atomic E-state index is 0.680. The summed E-state index contributed by atoms with van der Waals surface area (Å²) in [5.74, 6) is 1.64. The Morgan fingerprint density at radius 1 is 0.920 bits per heavy atom. The molecular weight excluding hydrogens is 332 g/mol. The molecule has 0 saturated heterocycles. The molecule has 0 fully saturated rings. The molecule has 0 aromatic heterocycles. The Balaban J connectivity index is 2.03. The Bertz CT molecular complexity index is 888. The molecule has 3 aromatic carbocycles. The van der Waals surface area contributed by atoms with Crippen molar-refractivity contribution in [1.29, 1.82) is 0 Å². The summed E-state index contributed by atoms with van der Waals surface area (Å²) >= 11 is 6.42. The van der Waals surface area contributed by atoms with Crippen LogP contribution in [0.3, 0.4) is 0 Å². The number of rotatable bonds is 4. The third-order valence-electron chi connectivity index (χ3n) is 3.91. The van der Waals surface area contributed by atoms with Gasteiger partial charge in [-0.05, 0) is 55.0 Å². The molecule has 0 aliphatic rings. The monoisotopic (exact) mass is 351 g/mol. The number of ether oxygens (including phenoxy) is 1. The molecule has 0 radical (unpaired) electrons. The van der Waals surface area contributed by atoms with Crippen LogP contribution in [0.15, 0.2) is 72.8 Å². The third-order valence-corrected chi connectivity index (χ3v) is 4.24. The molecule has 4 heteroatoms. The normalized spacial score (nSPS) is 11.2. The van der Waals surface area contributed by atoms with Gasteiger partial charge in [-0.15, -0.1) is 0 Å². The molecule has 0 aliphatic heterocycles. The summed E-state index contributed by atoms with van der Waals surface area (Å²) < 4.78 is 5.22. The number of anilines is 1. The van der Waals surface area contributed by atoms with E-state index in [1.54, 1.807) is 7.11 Å². The molecule has 0 spiro atoms. The smallest absolute Gasteiger partial charge is 0.286 e. The number of amidine groups is 1. The molecular formula is C21H20ClN2O+. The molecule has 0 atom stereocenters. The van der Waals surface area contributed by atoms with Gasteiger partial charge in [0.1, 0.15) is 17.1 Å². The van der Waals surface area contributed by atoms with E-state index in [4.69, 9.17) is 16.3 Å². The Labute approximate surface area is 153 Å². The van der Waals surface area contributed by atoms with Crippen molar-refractivity contribution in [3.05, 3.63) is 88.9 Å². The average Bonchev–Trinajstić information content (AvgIpc) is 2.64. The van der Waals surface area contributed by atoms with Gasteiger partial charge in [0.25, 0.3) is 5.84 Å². The van der Waals surface area contributed by atoms with E-state index in [1.807, 2.05) is 66.7 Å². The summed E-state index contributed by atoms with van der Waals surface area (Å²) in [6.07, 6.45) is 0. The zero-order valence-corrected chi connectivity index (χ0v) is 15.0. The minimum Gasteiger partial charge on any atom is -0.497 e. The van der Waals surface area contributed by atoms with Gasteiger partial charge < -0.3 is 4.74 Å². The first-order valence-electron chi connectivity index (χ1n) is 8.03. The number of para-hydroxylation sites is 1. The standard InChI is InChI=1S/C21H19ClN2O/c1-15-7-3-6-10-20(15)24-21(18-8-4-5-9-19(18)22)23-16-11-13-17(25-2)14-12-16/h3-14H,1-2H3,(H,23,24)/p+1. The fourth-order valence-electron chi connectivity index (χ4n) is 2.50. The maximum absolute atomic E-state index is 6.42. The lowest BCUT2D eigenvalue weighted by Crippen LogP contribution is -2.69. The van der Waals surface area contributed by atoms with E-state index in [-0.39, 0.29) is 0 Å². The van der Waals surface area contributed by atoms with Crippen LogP contribution < -0.4 is 15.0 Å². The Morgan fingerprint density at radius 3 is 2.28 bits per heavy atom. The van der Waals surface area contributed by atoms with Gasteiger partial charge in [0.05, 0.1) is 17.7 Å². The topological polar surface area (TPSA) is 35.2 Å². The molecule has 0 heterocycles. The summed E-state index contributed by atoms with van der Waals surface area (Å²) in [4.78, 5) is 3.47. The fraction of sp³-hybridized carbons (Fsp3) is 0.0952. The molecule has 3 aromatic rings. The van der Waals surface area contributed by atoms with Crippen LogP contribution in [0, 0.1) is 6.92 Å². The number of hydrogen-bond donors (Lipinski definition) is 2. The zero-order valence-electron chi connectivity index (χ0n) is 14.2. The first kappa shape index (κ1) is 17.1. The lowest BCUT2D eigenvalue weighted by molar-refractivity contribution is -0.353. The average molecular weight is 352 g/mol. The van der Waals surface area contributed by atoms with Gasteiger partial charge in [-0.3, -0.25) is 0 Å². The number of hydrogen-bond acceptors (Lipinski definition) is 1. The Morgan fingerprint density at radius 2 is 1.60 bits per heavy atom. The van der Waals surface area contributed by atoms with Crippen molar-refractivity contribution in [1.82, 2.24) is 0 Å². The number of benzene rings is 3. The van der Waals surface area contributed by atoms with E-state index in [9.17, 15) is 0 Å². The number of methoxy groups -OCH3 is 1. The van der Waals surface area contributed by atoms with E-state index in [2.05, 4.69) is 23.3 Å². The summed E-state index contributed by atoms with van der Waals surface area (Å²) in [7, 11) is 1.66. The summed E-state index contributed by atoms with van der Waals surface area (Å²) in [6.45, 7) is 2.07. The molecule has 0 bridgehead atoms. The molecule has 0 saturated carbocycles. The maximum Gasteiger partial charge on any atom is 0.286 e. The van der Waals surface area contributed by atoms with Crippen molar-refractivity contribution in [2.45, 2.75) is 6.92 Å². The molecule has 0 unspecified atom stereocenters. The Kier molecular flexibility index (Phi) is 5.36. The van der Waals surface area contributed by atoms with Crippen LogP contribution >= 0.6 is 11.6 Å². The molecule has 3 nitrogen and oxygen atoms in total. The van der Waals surface area contributed by atoms with Crippen molar-refractivity contribution >= 4 is 28.8 Å². The second kappa shape index (κ2) is 7.86. The van der Waals surface area contributed by atoms with Crippen LogP contribution in [0.2, 0.25) is 5.02 Å². The molecule has 25 heavy (non-hydrogen) atoms. The summed E-state index contributed by atoms with van der Waals surface area (Å²) in [5, 5.41) is 4.11. The molecule has 0 aliphatic carbocycles. The quantitative estimate of drug-likeness (QED) is 0.552. The second-order valence-electron chi connectivity index (χ2n) is 5.65. The first-order valence-corrected chi connectivity index (χ1v) is 8.41. The third kappa shape index (κ3) is 4.20. The van der Waals surface area contributed by atoms with Gasteiger partial charge in [-0.2, -0.15) is 0 Å². The lowest BCUT2D eigenvalue weighted by atomic mass is 10.1. The SMILES string of the molecule is COc1ccc(NC(=[NH+]c2ccccc2C)c2ccccc2Cl)cc1. The van der Waals surface area contributed by atoms with Crippen LogP contribution in [0.25, 0.3) is 0 Å². The summed E-state index contributed by atoms with van der Waals surface area (Å²) in [6, 6.07) is 23.7. The highest BCUT2D eigenvalue weighted by atomic mass is 35.5. The van der Waals surface area contributed by atoms with E-state index in [0.29, 0.717) is 5.02 Å². The molecule has 3 rings (SSSR count). The van der Waals surface area contributed by atoms with Gasteiger partial charge in [0.15, 0.2) is 0 Å². The predicted octanol–water partition coefficient (Wildman–Crippen LogP) is 3.93. The van der Waals surface area contributed by atoms with E-state index < -0.39 is 0 Å². The molecule has 0 amide bonds. The zero-order chi connectivity index (χ0) is 17.6. The number of nitrogens with one attached hydrogen (secondary N) is 2. The second-order valence-corrected chi connectivity index (χ2v) is 6.06. The van der Waals surface area contributed by atoms with Crippen LogP contribution in [0.4, 0.5) is 11.4 Å². The van der Waals surface area contributed by atoms with Crippen molar-refractivity contribution in [2.75, 3.05) is 12.4 Å². The number of halogens is 1. The maximum atomic E-state index is 6.42. The predicted molar refractivity (Wildman–Crippen MR) is 104 cm³/mol. The minimum absolute atomic E-state index is 0.680. The van der Waals surface area contributed by atoms with Gasteiger partial charge >= 0.3 is 0 Å². The van der Waals surface area contributed by atoms with E-state index in [0.717, 1.165) is 34.1 Å². The molecule has 126 valence electrons. The van der Waals surface area contributed by atoms with Crippen LogP contribution in [0.1, 0.15) is 11.1 Å². The fourth-order valence-corrected chi connectivity index (χ4v) is 2.73. The van der Waals surface area contributed by atoms with Crippen molar-refractivity contribution in [3.63, 3.8) is 0 Å². The van der Waals surface area contributed by atoms with Crippen molar-refractivity contribution < 1.29 is 9.73 Å². The van der Waals surface area contributed by atoms with Gasteiger partial charge in [0, 0.05) is 0 Å². The lowest BCUT2D eigenvalue weighted by Gasteiger charge is -2.07. The van der Waals surface area contributed by atoms with Gasteiger partial charge in [-0.1, -0.05) is 41.9 Å². The van der Waals surface area contributed by atoms with Crippen molar-refractivity contribution in [3.8, 4) is 5.75 Å². The highest BCUT2D eigenvalue weighted by Crippen LogP contribution is 2.19. The van der Waals surface area contributed by atoms with Gasteiger partial charge in [0.2, 0.25) is 0 Å². The molecule has 2 N–H and O–H groups in total. The Hall–Kier alpha value is -2.78. The van der Waals surface area contributed by atoms with Crippen LogP contribution in [0.5, 0.6) is 5.75 Å². The highest BCUT2D eigenvalue weighted by Gasteiger charge is 2.16. The van der Waals surface area contributed by atoms with Gasteiger partial charge in [-0.25, -0.2) is 10.3 Å². The van der Waals surface area contributed by atoms with Crippen LogP contribution in [-0.2, 0) is 0 Å². The largest absolute Gasteiger partial charge is 0.497 e.